The number of benzene rings is 4. The van der Waals surface area contributed by atoms with Crippen LogP contribution < -0.4 is 15.0 Å². The van der Waals surface area contributed by atoms with E-state index in [1.165, 1.54) is 4.68 Å². The van der Waals surface area contributed by atoms with Crippen LogP contribution >= 0.6 is 34.2 Å². The Morgan fingerprint density at radius 2 is 1.78 bits per heavy atom. The Balaban J connectivity index is 1.54. The lowest BCUT2D eigenvalue weighted by Gasteiger charge is -2.17. The van der Waals surface area contributed by atoms with Gasteiger partial charge >= 0.3 is 0 Å². The Kier molecular flexibility index (Phi) is 8.75. The maximum Gasteiger partial charge on any atom is 0.282 e. The van der Waals surface area contributed by atoms with E-state index in [4.69, 9.17) is 26.1 Å². The third-order valence-electron chi connectivity index (χ3n) is 6.81. The minimum atomic E-state index is -0.238. The average Bonchev–Trinajstić information content (AvgIpc) is 2.96. The number of nitrogens with zero attached hydrogens (tertiary/aromatic N) is 3. The molecule has 1 heterocycles. The van der Waals surface area contributed by atoms with E-state index in [1.54, 1.807) is 19.4 Å². The number of para-hydroxylation sites is 1. The topological polar surface area (TPSA) is 65.7 Å². The van der Waals surface area contributed by atoms with Crippen molar-refractivity contribution in [2.75, 3.05) is 7.11 Å². The van der Waals surface area contributed by atoms with Gasteiger partial charge < -0.3 is 9.47 Å². The number of methoxy groups -OCH3 is 1. The highest BCUT2D eigenvalue weighted by molar-refractivity contribution is 14.1. The molecule has 0 radical (unpaired) electrons. The first-order valence-corrected chi connectivity index (χ1v) is 14.6. The molecular weight excluding hydrogens is 649 g/mol. The van der Waals surface area contributed by atoms with Gasteiger partial charge in [-0.1, -0.05) is 55.8 Å². The highest BCUT2D eigenvalue weighted by atomic mass is 127. The molecule has 41 heavy (non-hydrogen) atoms. The summed E-state index contributed by atoms with van der Waals surface area (Å²) in [6.07, 6.45) is 1.67. The van der Waals surface area contributed by atoms with Gasteiger partial charge in [0, 0.05) is 16.1 Å². The summed E-state index contributed by atoms with van der Waals surface area (Å²) in [5, 5.41) is 5.83. The zero-order valence-corrected chi connectivity index (χ0v) is 26.1. The molecule has 0 saturated carbocycles. The van der Waals surface area contributed by atoms with Crippen molar-refractivity contribution in [1.29, 1.82) is 0 Å². The second-order valence-electron chi connectivity index (χ2n) is 9.95. The lowest BCUT2D eigenvalue weighted by molar-refractivity contribution is 0.304. The standard InChI is InChI=1S/C33H29ClIN3O3/c1-20(2)25-17-26(21(3)15-31(25)40-4)32-37-29-12-8-6-10-24(29)33(39)38(32)36-18-22-13-14-30(28(35)16-22)41-19-23-9-5-7-11-27(23)34/h5-18,20H,19H2,1-4H3. The summed E-state index contributed by atoms with van der Waals surface area (Å²) in [7, 11) is 1.67. The fourth-order valence-electron chi connectivity index (χ4n) is 4.58. The predicted molar refractivity (Wildman–Crippen MR) is 175 cm³/mol. The van der Waals surface area contributed by atoms with E-state index in [0.717, 1.165) is 42.9 Å². The summed E-state index contributed by atoms with van der Waals surface area (Å²) in [6, 6.07) is 24.7. The monoisotopic (exact) mass is 677 g/mol. The quantitative estimate of drug-likeness (QED) is 0.123. The number of fused-ring (bicyclic) bond motifs is 1. The highest BCUT2D eigenvalue weighted by Crippen LogP contribution is 2.34. The van der Waals surface area contributed by atoms with E-state index < -0.39 is 0 Å². The second kappa shape index (κ2) is 12.4. The zero-order valence-electron chi connectivity index (χ0n) is 23.2. The molecule has 4 aromatic carbocycles. The minimum Gasteiger partial charge on any atom is -0.496 e. The molecule has 0 aliphatic rings. The molecule has 0 amide bonds. The SMILES string of the molecule is COc1cc(C)c(-c2nc3ccccc3c(=O)n2N=Cc2ccc(OCc3ccccc3Cl)c(I)c2)cc1C(C)C. The second-order valence-corrected chi connectivity index (χ2v) is 11.5. The van der Waals surface area contributed by atoms with Gasteiger partial charge in [0.2, 0.25) is 0 Å². The fraction of sp³-hybridized carbons (Fsp3) is 0.182. The number of aromatic nitrogens is 2. The van der Waals surface area contributed by atoms with Gasteiger partial charge in [0.05, 0.1) is 27.8 Å². The molecule has 0 spiro atoms. The van der Waals surface area contributed by atoms with Crippen LogP contribution in [0.1, 0.15) is 42.0 Å². The summed E-state index contributed by atoms with van der Waals surface area (Å²) >= 11 is 8.51. The molecule has 0 N–H and O–H groups in total. The zero-order chi connectivity index (χ0) is 29.1. The van der Waals surface area contributed by atoms with E-state index >= 15 is 0 Å². The van der Waals surface area contributed by atoms with Gasteiger partial charge in [0.1, 0.15) is 18.1 Å². The largest absolute Gasteiger partial charge is 0.496 e. The Bertz CT molecular complexity index is 1830. The van der Waals surface area contributed by atoms with Crippen molar-refractivity contribution in [2.24, 2.45) is 5.10 Å². The van der Waals surface area contributed by atoms with Crippen molar-refractivity contribution < 1.29 is 9.47 Å². The van der Waals surface area contributed by atoms with Gasteiger partial charge in [0.15, 0.2) is 5.82 Å². The molecule has 1 aromatic heterocycles. The molecule has 0 aliphatic heterocycles. The smallest absolute Gasteiger partial charge is 0.282 e. The summed E-state index contributed by atoms with van der Waals surface area (Å²) in [6.45, 7) is 6.57. The van der Waals surface area contributed by atoms with E-state index in [-0.39, 0.29) is 11.5 Å². The molecule has 5 rings (SSSR count). The number of aryl methyl sites for hydroxylation is 1. The van der Waals surface area contributed by atoms with Gasteiger partial charge in [-0.15, -0.1) is 0 Å². The number of hydrogen-bond donors (Lipinski definition) is 0. The van der Waals surface area contributed by atoms with E-state index in [2.05, 4.69) is 47.6 Å². The molecule has 0 saturated heterocycles. The summed E-state index contributed by atoms with van der Waals surface area (Å²) in [5.41, 5.74) is 4.92. The van der Waals surface area contributed by atoms with E-state index in [1.807, 2.05) is 73.7 Å². The Morgan fingerprint density at radius 3 is 2.51 bits per heavy atom. The maximum atomic E-state index is 13.7. The third-order valence-corrected chi connectivity index (χ3v) is 8.02. The van der Waals surface area contributed by atoms with Crippen LogP contribution in [0.5, 0.6) is 11.5 Å². The molecular formula is C33H29ClIN3O3. The Morgan fingerprint density at radius 1 is 1.02 bits per heavy atom. The van der Waals surface area contributed by atoms with Crippen molar-refractivity contribution in [2.45, 2.75) is 33.3 Å². The van der Waals surface area contributed by atoms with E-state index in [9.17, 15) is 4.79 Å². The van der Waals surface area contributed by atoms with Crippen molar-refractivity contribution in [3.05, 3.63) is 120 Å². The first-order valence-electron chi connectivity index (χ1n) is 13.2. The Hall–Kier alpha value is -3.69. The lowest BCUT2D eigenvalue weighted by atomic mass is 9.96. The molecule has 8 heteroatoms. The van der Waals surface area contributed by atoms with Crippen LogP contribution in [0.3, 0.4) is 0 Å². The van der Waals surface area contributed by atoms with Gasteiger partial charge in [-0.3, -0.25) is 4.79 Å². The van der Waals surface area contributed by atoms with Crippen LogP contribution in [0, 0.1) is 10.5 Å². The first-order chi connectivity index (χ1) is 19.8. The summed E-state index contributed by atoms with van der Waals surface area (Å²) < 4.78 is 14.0. The summed E-state index contributed by atoms with van der Waals surface area (Å²) in [4.78, 5) is 18.6. The van der Waals surface area contributed by atoms with Crippen molar-refractivity contribution >= 4 is 51.3 Å². The molecule has 6 nitrogen and oxygen atoms in total. The van der Waals surface area contributed by atoms with Crippen LogP contribution in [0.2, 0.25) is 5.02 Å². The average molecular weight is 678 g/mol. The first kappa shape index (κ1) is 28.8. The van der Waals surface area contributed by atoms with Gasteiger partial charge in [-0.2, -0.15) is 9.78 Å². The predicted octanol–water partition coefficient (Wildman–Crippen LogP) is 8.22. The summed E-state index contributed by atoms with van der Waals surface area (Å²) in [5.74, 6) is 2.24. The number of hydrogen-bond acceptors (Lipinski definition) is 5. The van der Waals surface area contributed by atoms with Crippen molar-refractivity contribution in [3.8, 4) is 22.9 Å². The number of ether oxygens (including phenoxy) is 2. The van der Waals surface area contributed by atoms with Crippen molar-refractivity contribution in [1.82, 2.24) is 9.66 Å². The highest BCUT2D eigenvalue weighted by Gasteiger charge is 2.18. The van der Waals surface area contributed by atoms with Gasteiger partial charge in [-0.25, -0.2) is 4.98 Å². The molecule has 0 aliphatic carbocycles. The van der Waals surface area contributed by atoms with Crippen LogP contribution in [-0.4, -0.2) is 23.0 Å². The van der Waals surface area contributed by atoms with Crippen LogP contribution in [-0.2, 0) is 6.61 Å². The lowest BCUT2D eigenvalue weighted by Crippen LogP contribution is -2.20. The molecule has 5 aromatic rings. The van der Waals surface area contributed by atoms with Gasteiger partial charge in [0.25, 0.3) is 5.56 Å². The number of halogens is 2. The normalized spacial score (nSPS) is 11.5. The van der Waals surface area contributed by atoms with Crippen LogP contribution in [0.15, 0.2) is 88.8 Å². The molecule has 0 bridgehead atoms. The molecule has 0 fully saturated rings. The Labute approximate surface area is 257 Å². The minimum absolute atomic E-state index is 0.217. The maximum absolute atomic E-state index is 13.7. The van der Waals surface area contributed by atoms with Crippen LogP contribution in [0.25, 0.3) is 22.3 Å². The fourth-order valence-corrected chi connectivity index (χ4v) is 5.47. The molecule has 0 atom stereocenters. The third kappa shape index (κ3) is 6.16. The van der Waals surface area contributed by atoms with Crippen LogP contribution in [0.4, 0.5) is 0 Å². The van der Waals surface area contributed by atoms with E-state index in [0.29, 0.717) is 28.4 Å². The van der Waals surface area contributed by atoms with Gasteiger partial charge in [-0.05, 0) is 101 Å². The molecule has 0 unspecified atom stereocenters. The van der Waals surface area contributed by atoms with Crippen molar-refractivity contribution in [3.63, 3.8) is 0 Å². The molecule has 208 valence electrons. The number of rotatable bonds is 8.